The van der Waals surface area contributed by atoms with Crippen LogP contribution in [0.15, 0.2) is 18.2 Å². The van der Waals surface area contributed by atoms with Crippen molar-refractivity contribution in [2.24, 2.45) is 0 Å². The van der Waals surface area contributed by atoms with Crippen molar-refractivity contribution in [3.05, 3.63) is 40.7 Å². The molecule has 0 aliphatic carbocycles. The Morgan fingerprint density at radius 2 is 1.81 bits per heavy atom. The number of aromatic nitrogens is 2. The molecule has 0 saturated heterocycles. The van der Waals surface area contributed by atoms with E-state index in [4.69, 9.17) is 5.73 Å². The second-order valence-corrected chi connectivity index (χ2v) is 4.25. The van der Waals surface area contributed by atoms with Gasteiger partial charge in [0.1, 0.15) is 0 Å². The summed E-state index contributed by atoms with van der Waals surface area (Å²) in [6.45, 7) is 8.22. The molecule has 0 fully saturated rings. The predicted octanol–water partition coefficient (Wildman–Crippen LogP) is 2.69. The van der Waals surface area contributed by atoms with E-state index in [2.05, 4.69) is 25.0 Å². The summed E-state index contributed by atoms with van der Waals surface area (Å²) in [5.74, 6) is 0. The molecule has 2 aromatic rings. The lowest BCUT2D eigenvalue weighted by Crippen LogP contribution is -2.00. The molecule has 3 heteroatoms. The van der Waals surface area contributed by atoms with Gasteiger partial charge in [-0.25, -0.2) is 4.68 Å². The molecule has 1 aromatic heterocycles. The van der Waals surface area contributed by atoms with Gasteiger partial charge in [0, 0.05) is 11.4 Å². The average molecular weight is 215 g/mol. The van der Waals surface area contributed by atoms with Gasteiger partial charge >= 0.3 is 0 Å². The van der Waals surface area contributed by atoms with E-state index in [-0.39, 0.29) is 0 Å². The Hall–Kier alpha value is -1.77. The summed E-state index contributed by atoms with van der Waals surface area (Å²) in [6, 6.07) is 5.99. The minimum Gasteiger partial charge on any atom is -0.399 e. The minimum absolute atomic E-state index is 0.821. The summed E-state index contributed by atoms with van der Waals surface area (Å²) in [7, 11) is 0. The van der Waals surface area contributed by atoms with Gasteiger partial charge in [-0.2, -0.15) is 5.10 Å². The molecule has 0 bridgehead atoms. The maximum Gasteiger partial charge on any atom is 0.0653 e. The van der Waals surface area contributed by atoms with Gasteiger partial charge in [0.15, 0.2) is 0 Å². The fourth-order valence-corrected chi connectivity index (χ4v) is 1.76. The molecule has 2 N–H and O–H groups in total. The SMILES string of the molecule is Cc1cc(-n2nc(C)c(C)c2C)ccc1N. The number of nitrogens with zero attached hydrogens (tertiary/aromatic N) is 2. The zero-order valence-electron chi connectivity index (χ0n) is 10.2. The fraction of sp³-hybridized carbons (Fsp3) is 0.308. The molecule has 0 spiro atoms. The van der Waals surface area contributed by atoms with Gasteiger partial charge in [-0.1, -0.05) is 0 Å². The molecule has 2 rings (SSSR count). The first-order valence-electron chi connectivity index (χ1n) is 5.40. The van der Waals surface area contributed by atoms with Crippen LogP contribution in [-0.4, -0.2) is 9.78 Å². The highest BCUT2D eigenvalue weighted by Gasteiger charge is 2.09. The van der Waals surface area contributed by atoms with Gasteiger partial charge in [-0.05, 0) is 57.0 Å². The van der Waals surface area contributed by atoms with Crippen LogP contribution in [0, 0.1) is 27.7 Å². The molecule has 16 heavy (non-hydrogen) atoms. The minimum atomic E-state index is 0.821. The Morgan fingerprint density at radius 3 is 2.31 bits per heavy atom. The second-order valence-electron chi connectivity index (χ2n) is 4.25. The van der Waals surface area contributed by atoms with Crippen molar-refractivity contribution < 1.29 is 0 Å². The number of nitrogen functional groups attached to an aromatic ring is 1. The molecule has 84 valence electrons. The number of hydrogen-bond acceptors (Lipinski definition) is 2. The number of aryl methyl sites for hydroxylation is 2. The van der Waals surface area contributed by atoms with Gasteiger partial charge in [-0.15, -0.1) is 0 Å². The summed E-state index contributed by atoms with van der Waals surface area (Å²) in [5.41, 5.74) is 12.3. The topological polar surface area (TPSA) is 43.8 Å². The summed E-state index contributed by atoms with van der Waals surface area (Å²) in [6.07, 6.45) is 0. The molecule has 0 saturated carbocycles. The first-order valence-corrected chi connectivity index (χ1v) is 5.40. The molecular formula is C13H17N3. The van der Waals surface area contributed by atoms with E-state index < -0.39 is 0 Å². The summed E-state index contributed by atoms with van der Waals surface area (Å²) < 4.78 is 1.97. The van der Waals surface area contributed by atoms with Crippen LogP contribution in [0.5, 0.6) is 0 Å². The van der Waals surface area contributed by atoms with E-state index >= 15 is 0 Å². The Balaban J connectivity index is 2.59. The van der Waals surface area contributed by atoms with E-state index in [1.54, 1.807) is 0 Å². The third-order valence-corrected chi connectivity index (χ3v) is 3.15. The van der Waals surface area contributed by atoms with Crippen LogP contribution in [0.3, 0.4) is 0 Å². The highest BCUT2D eigenvalue weighted by Crippen LogP contribution is 2.20. The average Bonchev–Trinajstić information content (AvgIpc) is 2.50. The molecule has 0 radical (unpaired) electrons. The molecule has 0 amide bonds. The third kappa shape index (κ3) is 1.58. The van der Waals surface area contributed by atoms with Crippen molar-refractivity contribution in [3.8, 4) is 5.69 Å². The Kier molecular flexibility index (Phi) is 2.46. The second kappa shape index (κ2) is 3.67. The van der Waals surface area contributed by atoms with Crippen LogP contribution in [0.25, 0.3) is 5.69 Å². The van der Waals surface area contributed by atoms with Crippen molar-refractivity contribution in [2.45, 2.75) is 27.7 Å². The van der Waals surface area contributed by atoms with Gasteiger partial charge in [0.05, 0.1) is 11.4 Å². The maximum absolute atomic E-state index is 5.81. The van der Waals surface area contributed by atoms with E-state index in [1.807, 2.05) is 30.7 Å². The number of hydrogen-bond donors (Lipinski definition) is 1. The molecule has 0 aliphatic rings. The molecular weight excluding hydrogens is 198 g/mol. The van der Waals surface area contributed by atoms with Crippen molar-refractivity contribution in [1.29, 1.82) is 0 Å². The van der Waals surface area contributed by atoms with Crippen LogP contribution >= 0.6 is 0 Å². The lowest BCUT2D eigenvalue weighted by molar-refractivity contribution is 0.832. The van der Waals surface area contributed by atoms with Crippen molar-refractivity contribution in [2.75, 3.05) is 5.73 Å². The van der Waals surface area contributed by atoms with Gasteiger partial charge in [0.25, 0.3) is 0 Å². The van der Waals surface area contributed by atoms with Crippen molar-refractivity contribution in [1.82, 2.24) is 9.78 Å². The lowest BCUT2D eigenvalue weighted by Gasteiger charge is -2.07. The highest BCUT2D eigenvalue weighted by atomic mass is 15.3. The first kappa shape index (κ1) is 10.7. The standard InChI is InChI=1S/C13H17N3/c1-8-7-12(5-6-13(8)14)16-11(4)9(2)10(3)15-16/h5-7H,14H2,1-4H3. The molecule has 0 unspecified atom stereocenters. The van der Waals surface area contributed by atoms with Crippen LogP contribution in [0.4, 0.5) is 5.69 Å². The van der Waals surface area contributed by atoms with Crippen LogP contribution < -0.4 is 5.73 Å². The van der Waals surface area contributed by atoms with Gasteiger partial charge < -0.3 is 5.73 Å². The Morgan fingerprint density at radius 1 is 1.12 bits per heavy atom. The lowest BCUT2D eigenvalue weighted by atomic mass is 10.2. The Bertz CT molecular complexity index is 538. The normalized spacial score (nSPS) is 10.8. The quantitative estimate of drug-likeness (QED) is 0.743. The highest BCUT2D eigenvalue weighted by molar-refractivity contribution is 5.52. The molecule has 1 heterocycles. The first-order chi connectivity index (χ1) is 7.50. The van der Waals surface area contributed by atoms with E-state index in [0.29, 0.717) is 0 Å². The van der Waals surface area contributed by atoms with E-state index in [9.17, 15) is 0 Å². The smallest absolute Gasteiger partial charge is 0.0653 e. The van der Waals surface area contributed by atoms with Crippen LogP contribution in [-0.2, 0) is 0 Å². The molecule has 3 nitrogen and oxygen atoms in total. The van der Waals surface area contributed by atoms with Crippen LogP contribution in [0.2, 0.25) is 0 Å². The zero-order valence-corrected chi connectivity index (χ0v) is 10.2. The summed E-state index contributed by atoms with van der Waals surface area (Å²) >= 11 is 0. The number of nitrogens with two attached hydrogens (primary N) is 1. The molecule has 0 atom stereocenters. The number of anilines is 1. The predicted molar refractivity (Wildman–Crippen MR) is 66.9 cm³/mol. The molecule has 0 aliphatic heterocycles. The maximum atomic E-state index is 5.81. The molecule has 1 aromatic carbocycles. The van der Waals surface area contributed by atoms with E-state index in [0.717, 1.165) is 22.6 Å². The third-order valence-electron chi connectivity index (χ3n) is 3.15. The van der Waals surface area contributed by atoms with Gasteiger partial charge in [-0.3, -0.25) is 0 Å². The Labute approximate surface area is 95.9 Å². The van der Waals surface area contributed by atoms with Gasteiger partial charge in [0.2, 0.25) is 0 Å². The number of rotatable bonds is 1. The monoisotopic (exact) mass is 215 g/mol. The zero-order chi connectivity index (χ0) is 11.9. The van der Waals surface area contributed by atoms with Crippen molar-refractivity contribution >= 4 is 5.69 Å². The number of benzene rings is 1. The van der Waals surface area contributed by atoms with Crippen molar-refractivity contribution in [3.63, 3.8) is 0 Å². The van der Waals surface area contributed by atoms with Crippen LogP contribution in [0.1, 0.15) is 22.5 Å². The fourth-order valence-electron chi connectivity index (χ4n) is 1.76. The largest absolute Gasteiger partial charge is 0.399 e. The summed E-state index contributed by atoms with van der Waals surface area (Å²) in [5, 5.41) is 4.53. The van der Waals surface area contributed by atoms with E-state index in [1.165, 1.54) is 11.3 Å². The summed E-state index contributed by atoms with van der Waals surface area (Å²) in [4.78, 5) is 0.